The number of carbonyl (C=O) groups is 1. The molecule has 10 heteroatoms. The first-order chi connectivity index (χ1) is 14.3. The summed E-state index contributed by atoms with van der Waals surface area (Å²) in [6, 6.07) is 11.2. The van der Waals surface area contributed by atoms with Crippen molar-refractivity contribution in [2.45, 2.75) is 30.9 Å². The van der Waals surface area contributed by atoms with E-state index >= 15 is 0 Å². The zero-order valence-electron chi connectivity index (χ0n) is 16.7. The predicted molar refractivity (Wildman–Crippen MR) is 117 cm³/mol. The molecule has 1 aliphatic heterocycles. The average molecular weight is 448 g/mol. The molecule has 0 bridgehead atoms. The van der Waals surface area contributed by atoms with Gasteiger partial charge in [0.1, 0.15) is 10.6 Å². The van der Waals surface area contributed by atoms with Gasteiger partial charge in [-0.2, -0.15) is 13.5 Å². The van der Waals surface area contributed by atoms with Crippen molar-refractivity contribution in [1.29, 1.82) is 0 Å². The lowest BCUT2D eigenvalue weighted by Gasteiger charge is -2.12. The first-order valence-corrected chi connectivity index (χ1v) is 11.4. The third kappa shape index (κ3) is 5.19. The van der Waals surface area contributed by atoms with Crippen molar-refractivity contribution in [2.24, 2.45) is 10.2 Å². The molecule has 1 aliphatic rings. The number of ether oxygens (including phenoxy) is 1. The first-order valence-electron chi connectivity index (χ1n) is 9.15. The third-order valence-electron chi connectivity index (χ3n) is 4.09. The van der Waals surface area contributed by atoms with Gasteiger partial charge in [-0.1, -0.05) is 23.9 Å². The van der Waals surface area contributed by atoms with Crippen LogP contribution in [-0.2, 0) is 14.9 Å². The van der Waals surface area contributed by atoms with Gasteiger partial charge in [0.25, 0.3) is 0 Å². The molecule has 0 unspecified atom stereocenters. The summed E-state index contributed by atoms with van der Waals surface area (Å²) in [5, 5.41) is 10.7. The van der Waals surface area contributed by atoms with Crippen LogP contribution in [0.3, 0.4) is 0 Å². The van der Waals surface area contributed by atoms with Gasteiger partial charge in [0, 0.05) is 5.56 Å². The van der Waals surface area contributed by atoms with Crippen LogP contribution in [0.25, 0.3) is 0 Å². The fraction of sp³-hybridized carbons (Fsp3) is 0.250. The molecule has 1 fully saturated rings. The molecule has 158 valence electrons. The number of amidine groups is 1. The molecular weight excluding hydrogens is 426 g/mol. The maximum atomic E-state index is 12.7. The number of benzene rings is 2. The van der Waals surface area contributed by atoms with Gasteiger partial charge >= 0.3 is 10.1 Å². The van der Waals surface area contributed by atoms with Gasteiger partial charge in [-0.15, -0.1) is 5.10 Å². The van der Waals surface area contributed by atoms with Gasteiger partial charge in [-0.05, 0) is 56.7 Å². The Bertz CT molecular complexity index is 1100. The van der Waals surface area contributed by atoms with E-state index in [0.717, 1.165) is 0 Å². The smallest absolute Gasteiger partial charge is 0.339 e. The van der Waals surface area contributed by atoms with E-state index < -0.39 is 10.1 Å². The summed E-state index contributed by atoms with van der Waals surface area (Å²) >= 11 is 1.27. The van der Waals surface area contributed by atoms with Crippen molar-refractivity contribution in [3.63, 3.8) is 0 Å². The monoisotopic (exact) mass is 447 g/mol. The molecule has 0 aliphatic carbocycles. The highest BCUT2D eigenvalue weighted by Gasteiger charge is 2.25. The molecule has 0 spiro atoms. The Labute approximate surface area is 179 Å². The Balaban J connectivity index is 1.83. The molecule has 1 N–H and O–H groups in total. The first kappa shape index (κ1) is 21.8. The number of thioether (sulfide) groups is 1. The lowest BCUT2D eigenvalue weighted by molar-refractivity contribution is -0.118. The van der Waals surface area contributed by atoms with Crippen LogP contribution in [0.5, 0.6) is 11.5 Å². The Kier molecular flexibility index (Phi) is 6.78. The van der Waals surface area contributed by atoms with Crippen LogP contribution in [0.2, 0.25) is 0 Å². The predicted octanol–water partition coefficient (Wildman–Crippen LogP) is 3.10. The van der Waals surface area contributed by atoms with Crippen molar-refractivity contribution in [2.75, 3.05) is 6.61 Å². The minimum atomic E-state index is -4.06. The van der Waals surface area contributed by atoms with Gasteiger partial charge in [0.2, 0.25) is 5.91 Å². The highest BCUT2D eigenvalue weighted by Crippen LogP contribution is 2.27. The third-order valence-corrected chi connectivity index (χ3v) is 6.30. The summed E-state index contributed by atoms with van der Waals surface area (Å²) in [7, 11) is -4.06. The zero-order chi connectivity index (χ0) is 21.7. The van der Waals surface area contributed by atoms with Crippen molar-refractivity contribution in [3.05, 3.63) is 53.6 Å². The van der Waals surface area contributed by atoms with E-state index in [-0.39, 0.29) is 21.8 Å². The molecule has 1 heterocycles. The van der Waals surface area contributed by atoms with Crippen LogP contribution in [-0.4, -0.2) is 37.6 Å². The van der Waals surface area contributed by atoms with Crippen LogP contribution >= 0.6 is 11.8 Å². The summed E-state index contributed by atoms with van der Waals surface area (Å²) in [5.74, 6) is 0.604. The van der Waals surface area contributed by atoms with Gasteiger partial charge in [-0.3, -0.25) is 4.79 Å². The Hall–Kier alpha value is -2.85. The molecule has 3 rings (SSSR count). The number of carbonyl (C=O) groups excluding carboxylic acids is 1. The fourth-order valence-electron chi connectivity index (χ4n) is 2.57. The molecule has 1 amide bonds. The second-order valence-electron chi connectivity index (χ2n) is 6.33. The minimum absolute atomic E-state index is 0.0105. The molecule has 1 atom stereocenters. The van der Waals surface area contributed by atoms with E-state index in [9.17, 15) is 13.2 Å². The topological polar surface area (TPSA) is 106 Å². The SMILES string of the molecule is CCOc1ccc(S(=O)(=O)Oc2c(C)cccc2/C=N\N=C2\NC(=O)[C@H](C)S2)cc1. The summed E-state index contributed by atoms with van der Waals surface area (Å²) in [4.78, 5) is 11.5. The van der Waals surface area contributed by atoms with Crippen LogP contribution in [0.1, 0.15) is 25.0 Å². The summed E-state index contributed by atoms with van der Waals surface area (Å²) < 4.78 is 36.2. The van der Waals surface area contributed by atoms with E-state index in [0.29, 0.717) is 28.7 Å². The Morgan fingerprint density at radius 2 is 1.93 bits per heavy atom. The fourth-order valence-corrected chi connectivity index (χ4v) is 4.33. The van der Waals surface area contributed by atoms with Crippen molar-refractivity contribution in [3.8, 4) is 11.5 Å². The largest absolute Gasteiger partial charge is 0.494 e. The Morgan fingerprint density at radius 1 is 1.20 bits per heavy atom. The van der Waals surface area contributed by atoms with Crippen molar-refractivity contribution >= 4 is 39.2 Å². The van der Waals surface area contributed by atoms with E-state index in [4.69, 9.17) is 8.92 Å². The lowest BCUT2D eigenvalue weighted by Crippen LogP contribution is -2.23. The van der Waals surface area contributed by atoms with Crippen LogP contribution in [0.4, 0.5) is 0 Å². The average Bonchev–Trinajstić information content (AvgIpc) is 3.02. The molecule has 2 aromatic rings. The summed E-state index contributed by atoms with van der Waals surface area (Å²) in [6.45, 7) is 5.84. The molecule has 1 saturated heterocycles. The molecule has 0 radical (unpaired) electrons. The number of nitrogens with one attached hydrogen (secondary N) is 1. The molecule has 0 aromatic heterocycles. The van der Waals surface area contributed by atoms with Gasteiger partial charge in [-0.25, -0.2) is 0 Å². The number of para-hydroxylation sites is 1. The maximum absolute atomic E-state index is 12.7. The molecule has 2 aromatic carbocycles. The van der Waals surface area contributed by atoms with E-state index in [2.05, 4.69) is 15.5 Å². The molecule has 30 heavy (non-hydrogen) atoms. The second kappa shape index (κ2) is 9.31. The second-order valence-corrected chi connectivity index (χ2v) is 9.21. The number of hydrogen-bond acceptors (Lipinski definition) is 8. The minimum Gasteiger partial charge on any atom is -0.494 e. The zero-order valence-corrected chi connectivity index (χ0v) is 18.3. The van der Waals surface area contributed by atoms with E-state index in [1.54, 1.807) is 44.2 Å². The maximum Gasteiger partial charge on any atom is 0.339 e. The lowest BCUT2D eigenvalue weighted by atomic mass is 10.1. The van der Waals surface area contributed by atoms with Gasteiger partial charge < -0.3 is 14.2 Å². The van der Waals surface area contributed by atoms with Crippen molar-refractivity contribution < 1.29 is 22.1 Å². The number of amides is 1. The number of rotatable bonds is 7. The highest BCUT2D eigenvalue weighted by molar-refractivity contribution is 8.15. The molecule has 0 saturated carbocycles. The van der Waals surface area contributed by atoms with Crippen LogP contribution < -0.4 is 14.2 Å². The number of nitrogens with zero attached hydrogens (tertiary/aromatic N) is 2. The normalized spacial score (nSPS) is 18.0. The molecule has 8 nitrogen and oxygen atoms in total. The summed E-state index contributed by atoms with van der Waals surface area (Å²) in [5.41, 5.74) is 1.06. The summed E-state index contributed by atoms with van der Waals surface area (Å²) in [6.07, 6.45) is 1.39. The van der Waals surface area contributed by atoms with Crippen LogP contribution in [0, 0.1) is 6.92 Å². The van der Waals surface area contributed by atoms with Crippen molar-refractivity contribution in [1.82, 2.24) is 5.32 Å². The van der Waals surface area contributed by atoms with Crippen LogP contribution in [0.15, 0.2) is 57.6 Å². The number of hydrogen-bond donors (Lipinski definition) is 1. The number of aryl methyl sites for hydroxylation is 1. The van der Waals surface area contributed by atoms with E-state index in [1.807, 2.05) is 6.92 Å². The van der Waals surface area contributed by atoms with Gasteiger partial charge in [0.15, 0.2) is 10.9 Å². The van der Waals surface area contributed by atoms with Gasteiger partial charge in [0.05, 0.1) is 18.1 Å². The Morgan fingerprint density at radius 3 is 2.57 bits per heavy atom. The standard InChI is InChI=1S/C20H21N3O5S2/c1-4-27-16-8-10-17(11-9-16)30(25,26)28-18-13(2)6-5-7-15(18)12-21-23-20-22-19(24)14(3)29-20/h5-12,14H,4H2,1-3H3,(H,22,23,24)/b21-12-/t14-/m0/s1. The quantitative estimate of drug-likeness (QED) is 0.397. The van der Waals surface area contributed by atoms with E-state index in [1.165, 1.54) is 30.1 Å². The molecular formula is C20H21N3O5S2. The highest BCUT2D eigenvalue weighted by atomic mass is 32.2.